The molecule has 1 amide bonds. The van der Waals surface area contributed by atoms with Crippen LogP contribution in [0.3, 0.4) is 0 Å². The van der Waals surface area contributed by atoms with E-state index in [4.69, 9.17) is 0 Å². The first-order valence-corrected chi connectivity index (χ1v) is 10.5. The number of para-hydroxylation sites is 1. The van der Waals surface area contributed by atoms with E-state index >= 15 is 0 Å². The van der Waals surface area contributed by atoms with Crippen LogP contribution in [0.15, 0.2) is 89.8 Å². The summed E-state index contributed by atoms with van der Waals surface area (Å²) in [6.45, 7) is 2.55. The van der Waals surface area contributed by atoms with Gasteiger partial charge in [0.15, 0.2) is 0 Å². The van der Waals surface area contributed by atoms with E-state index in [-0.39, 0.29) is 17.3 Å². The number of carbonyl (C=O) groups excluding carboxylic acids is 1. The molecule has 0 heterocycles. The largest absolute Gasteiger partial charge is 0.309 e. The maximum absolute atomic E-state index is 12.9. The Hall–Kier alpha value is -2.96. The lowest BCUT2D eigenvalue weighted by Crippen LogP contribution is -2.31. The molecule has 0 radical (unpaired) electrons. The third-order valence-electron chi connectivity index (χ3n) is 4.33. The molecule has 28 heavy (non-hydrogen) atoms. The van der Waals surface area contributed by atoms with E-state index in [9.17, 15) is 13.2 Å². The summed E-state index contributed by atoms with van der Waals surface area (Å²) in [7, 11) is -3.73. The molecule has 3 rings (SSSR count). The van der Waals surface area contributed by atoms with Crippen molar-refractivity contribution in [2.24, 2.45) is 0 Å². The first-order chi connectivity index (χ1) is 13.5. The van der Waals surface area contributed by atoms with Crippen LogP contribution in [0.25, 0.3) is 0 Å². The number of carbonyl (C=O) groups is 1. The standard InChI is InChI=1S/C22H22N2O3S/c1-2-24(20-13-7-4-8-14-20)22(25)19-12-9-15-21(16-19)28(26,27)23-17-18-10-5-3-6-11-18/h3-16,23H,2,17H2,1H3. The summed E-state index contributed by atoms with van der Waals surface area (Å²) in [5.41, 5.74) is 1.96. The molecular formula is C22H22N2O3S. The summed E-state index contributed by atoms with van der Waals surface area (Å²) in [5.74, 6) is -0.242. The molecule has 0 aromatic heterocycles. The van der Waals surface area contributed by atoms with Gasteiger partial charge in [-0.15, -0.1) is 0 Å². The fourth-order valence-electron chi connectivity index (χ4n) is 2.86. The number of hydrogen-bond acceptors (Lipinski definition) is 3. The van der Waals surface area contributed by atoms with E-state index in [1.807, 2.05) is 67.6 Å². The fourth-order valence-corrected chi connectivity index (χ4v) is 3.92. The van der Waals surface area contributed by atoms with Crippen LogP contribution in [0.4, 0.5) is 5.69 Å². The van der Waals surface area contributed by atoms with Gasteiger partial charge in [-0.1, -0.05) is 54.6 Å². The van der Waals surface area contributed by atoms with Crippen LogP contribution in [0.5, 0.6) is 0 Å². The molecule has 0 atom stereocenters. The van der Waals surface area contributed by atoms with Crippen LogP contribution in [0.2, 0.25) is 0 Å². The first-order valence-electron chi connectivity index (χ1n) is 9.02. The Labute approximate surface area is 165 Å². The van der Waals surface area contributed by atoms with Crippen molar-refractivity contribution in [1.82, 2.24) is 4.72 Å². The zero-order valence-electron chi connectivity index (χ0n) is 15.6. The lowest BCUT2D eigenvalue weighted by atomic mass is 10.2. The lowest BCUT2D eigenvalue weighted by molar-refractivity contribution is 0.0988. The third kappa shape index (κ3) is 4.65. The molecule has 0 saturated carbocycles. The second-order valence-corrected chi connectivity index (χ2v) is 7.99. The molecular weight excluding hydrogens is 372 g/mol. The van der Waals surface area contributed by atoms with Crippen LogP contribution in [-0.2, 0) is 16.6 Å². The molecule has 144 valence electrons. The predicted octanol–water partition coefficient (Wildman–Crippen LogP) is 3.83. The molecule has 3 aromatic carbocycles. The SMILES string of the molecule is CCN(C(=O)c1cccc(S(=O)(=O)NCc2ccccc2)c1)c1ccccc1. The molecule has 1 N–H and O–H groups in total. The molecule has 0 spiro atoms. The normalized spacial score (nSPS) is 11.2. The summed E-state index contributed by atoms with van der Waals surface area (Å²) < 4.78 is 27.9. The summed E-state index contributed by atoms with van der Waals surface area (Å²) in [6.07, 6.45) is 0. The molecule has 0 aliphatic carbocycles. The minimum Gasteiger partial charge on any atom is -0.309 e. The number of nitrogens with one attached hydrogen (secondary N) is 1. The molecule has 0 aliphatic rings. The number of sulfonamides is 1. The number of rotatable bonds is 7. The van der Waals surface area contributed by atoms with Gasteiger partial charge in [0.05, 0.1) is 4.90 Å². The number of anilines is 1. The zero-order chi connectivity index (χ0) is 20.0. The average Bonchev–Trinajstić information content (AvgIpc) is 2.74. The van der Waals surface area contributed by atoms with Crippen LogP contribution >= 0.6 is 0 Å². The molecule has 0 unspecified atom stereocenters. The highest BCUT2D eigenvalue weighted by Crippen LogP contribution is 2.19. The van der Waals surface area contributed by atoms with Crippen molar-refractivity contribution in [3.05, 3.63) is 96.1 Å². The number of hydrogen-bond donors (Lipinski definition) is 1. The number of nitrogens with zero attached hydrogens (tertiary/aromatic N) is 1. The van der Waals surface area contributed by atoms with Crippen molar-refractivity contribution in [3.8, 4) is 0 Å². The minimum atomic E-state index is -3.73. The van der Waals surface area contributed by atoms with Gasteiger partial charge in [-0.05, 0) is 42.8 Å². The number of benzene rings is 3. The van der Waals surface area contributed by atoms with E-state index in [1.54, 1.807) is 17.0 Å². The molecule has 3 aromatic rings. The van der Waals surface area contributed by atoms with Crippen molar-refractivity contribution in [2.45, 2.75) is 18.4 Å². The Morgan fingerprint density at radius 1 is 0.893 bits per heavy atom. The van der Waals surface area contributed by atoms with Gasteiger partial charge < -0.3 is 4.90 Å². The number of amides is 1. The van der Waals surface area contributed by atoms with Gasteiger partial charge in [-0.25, -0.2) is 13.1 Å². The van der Waals surface area contributed by atoms with Crippen molar-refractivity contribution in [2.75, 3.05) is 11.4 Å². The minimum absolute atomic E-state index is 0.0680. The smallest absolute Gasteiger partial charge is 0.258 e. The Morgan fingerprint density at radius 2 is 1.54 bits per heavy atom. The Bertz CT molecular complexity index is 1040. The molecule has 5 nitrogen and oxygen atoms in total. The lowest BCUT2D eigenvalue weighted by Gasteiger charge is -2.21. The third-order valence-corrected chi connectivity index (χ3v) is 5.73. The van der Waals surface area contributed by atoms with Gasteiger partial charge in [0.2, 0.25) is 10.0 Å². The second-order valence-electron chi connectivity index (χ2n) is 6.22. The molecule has 0 saturated heterocycles. The van der Waals surface area contributed by atoms with Gasteiger partial charge in [0.25, 0.3) is 5.91 Å². The summed E-state index contributed by atoms with van der Waals surface area (Å²) >= 11 is 0. The van der Waals surface area contributed by atoms with E-state index in [0.29, 0.717) is 12.1 Å². The van der Waals surface area contributed by atoms with Gasteiger partial charge in [0.1, 0.15) is 0 Å². The molecule has 0 aliphatic heterocycles. The Balaban J connectivity index is 1.82. The van der Waals surface area contributed by atoms with E-state index in [2.05, 4.69) is 4.72 Å². The van der Waals surface area contributed by atoms with E-state index in [1.165, 1.54) is 12.1 Å². The molecule has 6 heteroatoms. The Morgan fingerprint density at radius 3 is 2.18 bits per heavy atom. The van der Waals surface area contributed by atoms with Gasteiger partial charge >= 0.3 is 0 Å². The van der Waals surface area contributed by atoms with Gasteiger partial charge in [-0.3, -0.25) is 4.79 Å². The van der Waals surface area contributed by atoms with Gasteiger partial charge in [0, 0.05) is 24.3 Å². The van der Waals surface area contributed by atoms with Crippen molar-refractivity contribution < 1.29 is 13.2 Å². The Kier molecular flexibility index (Phi) is 6.23. The van der Waals surface area contributed by atoms with Crippen LogP contribution in [0, 0.1) is 0 Å². The van der Waals surface area contributed by atoms with Crippen LogP contribution < -0.4 is 9.62 Å². The summed E-state index contributed by atoms with van der Waals surface area (Å²) in [4.78, 5) is 14.6. The average molecular weight is 394 g/mol. The van der Waals surface area contributed by atoms with Gasteiger partial charge in [-0.2, -0.15) is 0 Å². The summed E-state index contributed by atoms with van der Waals surface area (Å²) in [6, 6.07) is 24.7. The molecule has 0 fully saturated rings. The van der Waals surface area contributed by atoms with E-state index < -0.39 is 10.0 Å². The monoisotopic (exact) mass is 394 g/mol. The zero-order valence-corrected chi connectivity index (χ0v) is 16.4. The molecule has 0 bridgehead atoms. The van der Waals surface area contributed by atoms with E-state index in [0.717, 1.165) is 11.3 Å². The summed E-state index contributed by atoms with van der Waals surface area (Å²) in [5, 5.41) is 0. The highest BCUT2D eigenvalue weighted by Gasteiger charge is 2.19. The van der Waals surface area contributed by atoms with Crippen LogP contribution in [-0.4, -0.2) is 20.9 Å². The highest BCUT2D eigenvalue weighted by atomic mass is 32.2. The highest BCUT2D eigenvalue weighted by molar-refractivity contribution is 7.89. The first kappa shape index (κ1) is 19.8. The topological polar surface area (TPSA) is 66.5 Å². The quantitative estimate of drug-likeness (QED) is 0.662. The van der Waals surface area contributed by atoms with Crippen molar-refractivity contribution in [3.63, 3.8) is 0 Å². The predicted molar refractivity (Wildman–Crippen MR) is 111 cm³/mol. The van der Waals surface area contributed by atoms with Crippen LogP contribution in [0.1, 0.15) is 22.8 Å². The second kappa shape index (κ2) is 8.82. The maximum atomic E-state index is 12.9. The van der Waals surface area contributed by atoms with Crippen molar-refractivity contribution >= 4 is 21.6 Å². The maximum Gasteiger partial charge on any atom is 0.258 e. The fraction of sp³-hybridized carbons (Fsp3) is 0.136. The van der Waals surface area contributed by atoms with Crippen molar-refractivity contribution in [1.29, 1.82) is 0 Å².